The van der Waals surface area contributed by atoms with Crippen LogP contribution in [0.4, 0.5) is 14.5 Å². The van der Waals surface area contributed by atoms with Gasteiger partial charge in [0, 0.05) is 25.9 Å². The van der Waals surface area contributed by atoms with E-state index in [1.165, 1.54) is 0 Å². The number of methoxy groups -OCH3 is 1. The van der Waals surface area contributed by atoms with E-state index in [0.29, 0.717) is 13.1 Å². The predicted molar refractivity (Wildman–Crippen MR) is 64.1 cm³/mol. The molecule has 1 fully saturated rings. The van der Waals surface area contributed by atoms with Crippen molar-refractivity contribution in [2.75, 3.05) is 25.1 Å². The average Bonchev–Trinajstić information content (AvgIpc) is 2.29. The van der Waals surface area contributed by atoms with Crippen LogP contribution in [0.15, 0.2) is 18.2 Å². The molecule has 0 saturated carbocycles. The molecule has 0 unspecified atom stereocenters. The number of piperidine rings is 1. The lowest BCUT2D eigenvalue weighted by molar-refractivity contribution is -0.0221. The summed E-state index contributed by atoms with van der Waals surface area (Å²) in [6.07, 6.45) is -0.159. The largest absolute Gasteiger partial charge is 0.495 e. The minimum absolute atomic E-state index is 0.0793. The first-order chi connectivity index (χ1) is 8.02. The summed E-state index contributed by atoms with van der Waals surface area (Å²) in [4.78, 5) is 1.98. The highest BCUT2D eigenvalue weighted by molar-refractivity contribution is 5.60. The molecular formula is C13H17F2NO. The SMILES string of the molecule is COc1ccc(C)cc1N1CCC(F)(F)CC1. The number of benzene rings is 1. The van der Waals surface area contributed by atoms with Crippen molar-refractivity contribution in [2.24, 2.45) is 0 Å². The summed E-state index contributed by atoms with van der Waals surface area (Å²) >= 11 is 0. The van der Waals surface area contributed by atoms with Gasteiger partial charge in [0.2, 0.25) is 0 Å². The molecule has 17 heavy (non-hydrogen) atoms. The van der Waals surface area contributed by atoms with Gasteiger partial charge in [-0.2, -0.15) is 0 Å². The third-order valence-corrected chi connectivity index (χ3v) is 3.17. The van der Waals surface area contributed by atoms with Crippen molar-refractivity contribution in [3.8, 4) is 5.75 Å². The molecule has 0 N–H and O–H groups in total. The minimum Gasteiger partial charge on any atom is -0.495 e. The molecule has 2 nitrogen and oxygen atoms in total. The Kier molecular flexibility index (Phi) is 3.22. The summed E-state index contributed by atoms with van der Waals surface area (Å²) in [5.41, 5.74) is 2.03. The molecule has 0 aliphatic carbocycles. The summed E-state index contributed by atoms with van der Waals surface area (Å²) in [7, 11) is 1.60. The summed E-state index contributed by atoms with van der Waals surface area (Å²) in [5.74, 6) is -1.76. The van der Waals surface area contributed by atoms with Gasteiger partial charge < -0.3 is 9.64 Å². The van der Waals surface area contributed by atoms with E-state index in [0.717, 1.165) is 17.0 Å². The molecule has 1 heterocycles. The first-order valence-electron chi connectivity index (χ1n) is 5.79. The van der Waals surface area contributed by atoms with Crippen LogP contribution in [0.5, 0.6) is 5.75 Å². The maximum atomic E-state index is 13.1. The van der Waals surface area contributed by atoms with Gasteiger partial charge in [0.05, 0.1) is 12.8 Å². The number of anilines is 1. The zero-order chi connectivity index (χ0) is 12.5. The number of hydrogen-bond acceptors (Lipinski definition) is 2. The molecule has 0 aromatic heterocycles. The lowest BCUT2D eigenvalue weighted by Crippen LogP contribution is -2.39. The Morgan fingerprint density at radius 2 is 1.88 bits per heavy atom. The van der Waals surface area contributed by atoms with E-state index in [9.17, 15) is 8.78 Å². The van der Waals surface area contributed by atoms with Crippen molar-refractivity contribution in [2.45, 2.75) is 25.7 Å². The van der Waals surface area contributed by atoms with Crippen LogP contribution in [0.1, 0.15) is 18.4 Å². The molecule has 0 spiro atoms. The van der Waals surface area contributed by atoms with E-state index in [-0.39, 0.29) is 12.8 Å². The van der Waals surface area contributed by atoms with E-state index in [4.69, 9.17) is 4.74 Å². The fourth-order valence-corrected chi connectivity index (χ4v) is 2.12. The second-order valence-corrected chi connectivity index (χ2v) is 4.52. The van der Waals surface area contributed by atoms with E-state index in [1.54, 1.807) is 7.11 Å². The summed E-state index contributed by atoms with van der Waals surface area (Å²) in [6.45, 7) is 2.75. The van der Waals surface area contributed by atoms with Crippen molar-refractivity contribution in [1.29, 1.82) is 0 Å². The van der Waals surface area contributed by atoms with E-state index >= 15 is 0 Å². The van der Waals surface area contributed by atoms with Gasteiger partial charge in [-0.25, -0.2) is 8.78 Å². The molecule has 1 aromatic carbocycles. The van der Waals surface area contributed by atoms with E-state index < -0.39 is 5.92 Å². The molecule has 2 rings (SSSR count). The first kappa shape index (κ1) is 12.1. The van der Waals surface area contributed by atoms with Gasteiger partial charge in [-0.15, -0.1) is 0 Å². The van der Waals surface area contributed by atoms with Gasteiger partial charge in [-0.1, -0.05) is 6.07 Å². The van der Waals surface area contributed by atoms with Gasteiger partial charge in [-0.05, 0) is 24.6 Å². The number of nitrogens with zero attached hydrogens (tertiary/aromatic N) is 1. The van der Waals surface area contributed by atoms with Crippen LogP contribution >= 0.6 is 0 Å². The Morgan fingerprint density at radius 3 is 2.47 bits per heavy atom. The van der Waals surface area contributed by atoms with E-state index in [2.05, 4.69) is 0 Å². The zero-order valence-electron chi connectivity index (χ0n) is 10.2. The molecule has 1 aliphatic heterocycles. The van der Waals surface area contributed by atoms with Crippen molar-refractivity contribution < 1.29 is 13.5 Å². The molecule has 1 aromatic rings. The molecule has 94 valence electrons. The summed E-state index contributed by atoms with van der Waals surface area (Å²) < 4.78 is 31.5. The fraction of sp³-hybridized carbons (Fsp3) is 0.538. The lowest BCUT2D eigenvalue weighted by Gasteiger charge is -2.34. The molecule has 1 aliphatic rings. The average molecular weight is 241 g/mol. The zero-order valence-corrected chi connectivity index (χ0v) is 10.2. The van der Waals surface area contributed by atoms with Crippen LogP contribution in [0.3, 0.4) is 0 Å². The molecular weight excluding hydrogens is 224 g/mol. The molecule has 4 heteroatoms. The highest BCUT2D eigenvalue weighted by atomic mass is 19.3. The van der Waals surface area contributed by atoms with Crippen molar-refractivity contribution in [1.82, 2.24) is 0 Å². The lowest BCUT2D eigenvalue weighted by atomic mass is 10.1. The number of ether oxygens (including phenoxy) is 1. The van der Waals surface area contributed by atoms with E-state index in [1.807, 2.05) is 30.0 Å². The van der Waals surface area contributed by atoms with Crippen molar-refractivity contribution in [3.63, 3.8) is 0 Å². The van der Waals surface area contributed by atoms with Crippen LogP contribution in [0, 0.1) is 6.92 Å². The van der Waals surface area contributed by atoms with Gasteiger partial charge in [-0.3, -0.25) is 0 Å². The second-order valence-electron chi connectivity index (χ2n) is 4.52. The van der Waals surface area contributed by atoms with Crippen LogP contribution in [-0.4, -0.2) is 26.1 Å². The predicted octanol–water partition coefficient (Wildman–Crippen LogP) is 3.24. The topological polar surface area (TPSA) is 12.5 Å². The van der Waals surface area contributed by atoms with Crippen LogP contribution in [0.25, 0.3) is 0 Å². The molecule has 0 radical (unpaired) electrons. The van der Waals surface area contributed by atoms with Crippen LogP contribution in [-0.2, 0) is 0 Å². The normalized spacial score (nSPS) is 19.2. The van der Waals surface area contributed by atoms with Crippen LogP contribution < -0.4 is 9.64 Å². The number of alkyl halides is 2. The van der Waals surface area contributed by atoms with Gasteiger partial charge >= 0.3 is 0 Å². The maximum Gasteiger partial charge on any atom is 0.251 e. The quantitative estimate of drug-likeness (QED) is 0.788. The monoisotopic (exact) mass is 241 g/mol. The Balaban J connectivity index is 2.20. The third-order valence-electron chi connectivity index (χ3n) is 3.17. The number of hydrogen-bond donors (Lipinski definition) is 0. The second kappa shape index (κ2) is 4.51. The molecule has 1 saturated heterocycles. The highest BCUT2D eigenvalue weighted by Gasteiger charge is 2.34. The summed E-state index contributed by atoms with van der Waals surface area (Å²) in [6, 6.07) is 5.83. The Morgan fingerprint density at radius 1 is 1.24 bits per heavy atom. The standard InChI is InChI=1S/C13H17F2NO/c1-10-3-4-12(17-2)11(9-10)16-7-5-13(14,15)6-8-16/h3-4,9H,5-8H2,1-2H3. The fourth-order valence-electron chi connectivity index (χ4n) is 2.12. The third kappa shape index (κ3) is 2.68. The summed E-state index contributed by atoms with van der Waals surface area (Å²) in [5, 5.41) is 0. The van der Waals surface area contributed by atoms with Gasteiger partial charge in [0.25, 0.3) is 5.92 Å². The molecule has 0 amide bonds. The Labute approximate surface area is 100 Å². The molecule has 0 atom stereocenters. The Bertz CT molecular complexity index is 396. The number of rotatable bonds is 2. The van der Waals surface area contributed by atoms with Gasteiger partial charge in [0.15, 0.2) is 0 Å². The molecule has 0 bridgehead atoms. The smallest absolute Gasteiger partial charge is 0.251 e. The number of halogens is 2. The maximum absolute atomic E-state index is 13.1. The Hall–Kier alpha value is -1.32. The van der Waals surface area contributed by atoms with Crippen LogP contribution in [0.2, 0.25) is 0 Å². The van der Waals surface area contributed by atoms with Crippen molar-refractivity contribution >= 4 is 5.69 Å². The minimum atomic E-state index is -2.51. The van der Waals surface area contributed by atoms with Gasteiger partial charge in [0.1, 0.15) is 5.75 Å². The first-order valence-corrected chi connectivity index (χ1v) is 5.79. The number of aryl methyl sites for hydroxylation is 1. The van der Waals surface area contributed by atoms with Crippen molar-refractivity contribution in [3.05, 3.63) is 23.8 Å². The highest BCUT2D eigenvalue weighted by Crippen LogP contribution is 2.35.